The molecular weight excluding hydrogens is 425 g/mol. The van der Waals surface area contributed by atoms with Gasteiger partial charge in [0.1, 0.15) is 11.6 Å². The number of non-ortho nitro benzene ring substituents is 1. The zero-order valence-corrected chi connectivity index (χ0v) is 18.8. The molecule has 174 valence electrons. The number of amides is 1. The van der Waals surface area contributed by atoms with Gasteiger partial charge in [-0.3, -0.25) is 19.8 Å². The van der Waals surface area contributed by atoms with Crippen LogP contribution in [0.1, 0.15) is 30.7 Å². The predicted octanol–water partition coefficient (Wildman–Crippen LogP) is 5.01. The molecule has 0 unspecified atom stereocenters. The van der Waals surface area contributed by atoms with Gasteiger partial charge in [0.25, 0.3) is 5.69 Å². The molecule has 0 aliphatic heterocycles. The first-order valence-corrected chi connectivity index (χ1v) is 10.8. The van der Waals surface area contributed by atoms with Gasteiger partial charge in [0.05, 0.1) is 24.3 Å². The number of nitro groups is 1. The van der Waals surface area contributed by atoms with Crippen LogP contribution in [0.15, 0.2) is 71.3 Å². The Morgan fingerprint density at radius 2 is 1.64 bits per heavy atom. The molecular formula is C25H28FN3O4. The van der Waals surface area contributed by atoms with Crippen molar-refractivity contribution in [3.8, 4) is 0 Å². The molecule has 0 aliphatic carbocycles. The molecule has 2 aromatic carbocycles. The standard InChI is InChI=1S/C25H28FN3O4/c1-19(2)14-27(15-20-7-11-23(12-8-20)29(31)32)18-25(30)28(17-24-4-3-13-33-24)16-21-5-9-22(26)10-6-21/h3-13,19H,14-18H2,1-2H3. The molecule has 3 rings (SSSR count). The van der Waals surface area contributed by atoms with Gasteiger partial charge in [-0.2, -0.15) is 0 Å². The second-order valence-corrected chi connectivity index (χ2v) is 8.44. The number of hydrogen-bond donors (Lipinski definition) is 0. The van der Waals surface area contributed by atoms with Crippen molar-refractivity contribution in [3.05, 3.63) is 99.7 Å². The fourth-order valence-electron chi connectivity index (χ4n) is 3.61. The van der Waals surface area contributed by atoms with E-state index >= 15 is 0 Å². The zero-order valence-electron chi connectivity index (χ0n) is 18.8. The van der Waals surface area contributed by atoms with E-state index in [-0.39, 0.29) is 24.0 Å². The number of halogens is 1. The topological polar surface area (TPSA) is 79.8 Å². The SMILES string of the molecule is CC(C)CN(CC(=O)N(Cc1ccc(F)cc1)Cc1ccco1)Cc1ccc([N+](=O)[O-])cc1. The Morgan fingerprint density at radius 3 is 2.21 bits per heavy atom. The van der Waals surface area contributed by atoms with Crippen molar-refractivity contribution in [2.45, 2.75) is 33.5 Å². The van der Waals surface area contributed by atoms with E-state index in [0.717, 1.165) is 11.1 Å². The van der Waals surface area contributed by atoms with Gasteiger partial charge in [-0.1, -0.05) is 38.1 Å². The zero-order chi connectivity index (χ0) is 23.8. The van der Waals surface area contributed by atoms with Crippen LogP contribution in [-0.2, 0) is 24.4 Å². The molecule has 0 atom stereocenters. The van der Waals surface area contributed by atoms with Gasteiger partial charge in [-0.15, -0.1) is 0 Å². The van der Waals surface area contributed by atoms with E-state index in [9.17, 15) is 19.3 Å². The van der Waals surface area contributed by atoms with Crippen molar-refractivity contribution >= 4 is 11.6 Å². The van der Waals surface area contributed by atoms with Crippen LogP contribution in [0, 0.1) is 21.8 Å². The number of rotatable bonds is 11. The quantitative estimate of drug-likeness (QED) is 0.301. The average molecular weight is 454 g/mol. The molecule has 0 radical (unpaired) electrons. The summed E-state index contributed by atoms with van der Waals surface area (Å²) in [5.41, 5.74) is 1.75. The van der Waals surface area contributed by atoms with Crippen LogP contribution in [0.2, 0.25) is 0 Å². The summed E-state index contributed by atoms with van der Waals surface area (Å²) in [7, 11) is 0. The van der Waals surface area contributed by atoms with Gasteiger partial charge in [-0.05, 0) is 41.3 Å². The molecule has 0 saturated heterocycles. The molecule has 0 fully saturated rings. The minimum Gasteiger partial charge on any atom is -0.467 e. The Morgan fingerprint density at radius 1 is 1.00 bits per heavy atom. The summed E-state index contributed by atoms with van der Waals surface area (Å²) in [6.07, 6.45) is 1.57. The summed E-state index contributed by atoms with van der Waals surface area (Å²) in [6.45, 7) is 6.14. The molecule has 1 heterocycles. The average Bonchev–Trinajstić information content (AvgIpc) is 3.28. The van der Waals surface area contributed by atoms with E-state index in [1.54, 1.807) is 41.5 Å². The molecule has 0 aliphatic rings. The van der Waals surface area contributed by atoms with Crippen LogP contribution in [0.4, 0.5) is 10.1 Å². The first kappa shape index (κ1) is 24.1. The summed E-state index contributed by atoms with van der Waals surface area (Å²) >= 11 is 0. The summed E-state index contributed by atoms with van der Waals surface area (Å²) in [5, 5.41) is 10.9. The third kappa shape index (κ3) is 7.54. The Balaban J connectivity index is 1.74. The highest BCUT2D eigenvalue weighted by molar-refractivity contribution is 5.78. The number of hydrogen-bond acceptors (Lipinski definition) is 5. The number of carbonyl (C=O) groups excluding carboxylic acids is 1. The Bertz CT molecular complexity index is 1030. The third-order valence-electron chi connectivity index (χ3n) is 5.10. The van der Waals surface area contributed by atoms with E-state index in [2.05, 4.69) is 13.8 Å². The Labute approximate surface area is 192 Å². The number of carbonyl (C=O) groups is 1. The first-order valence-electron chi connectivity index (χ1n) is 10.8. The number of benzene rings is 2. The maximum atomic E-state index is 13.3. The minimum atomic E-state index is -0.429. The number of nitro benzene ring substituents is 1. The van der Waals surface area contributed by atoms with Gasteiger partial charge in [-0.25, -0.2) is 4.39 Å². The van der Waals surface area contributed by atoms with Crippen LogP contribution in [-0.4, -0.2) is 33.7 Å². The highest BCUT2D eigenvalue weighted by atomic mass is 19.1. The van der Waals surface area contributed by atoms with Crippen LogP contribution in [0.3, 0.4) is 0 Å². The van der Waals surface area contributed by atoms with E-state index in [1.807, 2.05) is 11.0 Å². The number of furan rings is 1. The molecule has 0 N–H and O–H groups in total. The van der Waals surface area contributed by atoms with Crippen LogP contribution < -0.4 is 0 Å². The van der Waals surface area contributed by atoms with Crippen LogP contribution in [0.5, 0.6) is 0 Å². The highest BCUT2D eigenvalue weighted by Gasteiger charge is 2.20. The molecule has 0 saturated carbocycles. The van der Waals surface area contributed by atoms with E-state index < -0.39 is 4.92 Å². The molecule has 33 heavy (non-hydrogen) atoms. The lowest BCUT2D eigenvalue weighted by Crippen LogP contribution is -2.40. The monoisotopic (exact) mass is 453 g/mol. The van der Waals surface area contributed by atoms with Gasteiger partial charge >= 0.3 is 0 Å². The van der Waals surface area contributed by atoms with Gasteiger partial charge < -0.3 is 9.32 Å². The normalized spacial score (nSPS) is 11.2. The molecule has 3 aromatic rings. The van der Waals surface area contributed by atoms with Crippen LogP contribution >= 0.6 is 0 Å². The maximum absolute atomic E-state index is 13.3. The van der Waals surface area contributed by atoms with Crippen molar-refractivity contribution in [2.24, 2.45) is 5.92 Å². The highest BCUT2D eigenvalue weighted by Crippen LogP contribution is 2.16. The van der Waals surface area contributed by atoms with Gasteiger partial charge in [0, 0.05) is 31.8 Å². The summed E-state index contributed by atoms with van der Waals surface area (Å²) in [4.78, 5) is 27.6. The Hall–Kier alpha value is -3.52. The number of nitrogens with zero attached hydrogens (tertiary/aromatic N) is 3. The Kier molecular flexibility index (Phi) is 8.32. The molecule has 1 aromatic heterocycles. The summed E-state index contributed by atoms with van der Waals surface area (Å²) in [5.74, 6) is 0.579. The molecule has 8 heteroatoms. The molecule has 0 bridgehead atoms. The molecule has 7 nitrogen and oxygen atoms in total. The third-order valence-corrected chi connectivity index (χ3v) is 5.10. The lowest BCUT2D eigenvalue weighted by molar-refractivity contribution is -0.384. The van der Waals surface area contributed by atoms with Crippen molar-refractivity contribution < 1.29 is 18.5 Å². The smallest absolute Gasteiger partial charge is 0.269 e. The lowest BCUT2D eigenvalue weighted by atomic mass is 10.1. The van der Waals surface area contributed by atoms with Crippen molar-refractivity contribution in [2.75, 3.05) is 13.1 Å². The first-order chi connectivity index (χ1) is 15.8. The molecule has 0 spiro atoms. The lowest BCUT2D eigenvalue weighted by Gasteiger charge is -2.28. The molecule has 1 amide bonds. The fourth-order valence-corrected chi connectivity index (χ4v) is 3.61. The van der Waals surface area contributed by atoms with E-state index in [4.69, 9.17) is 4.42 Å². The van der Waals surface area contributed by atoms with Crippen LogP contribution in [0.25, 0.3) is 0 Å². The van der Waals surface area contributed by atoms with Crippen molar-refractivity contribution in [3.63, 3.8) is 0 Å². The van der Waals surface area contributed by atoms with Gasteiger partial charge in [0.2, 0.25) is 5.91 Å². The summed E-state index contributed by atoms with van der Waals surface area (Å²) in [6, 6.07) is 16.1. The van der Waals surface area contributed by atoms with Crippen molar-refractivity contribution in [1.29, 1.82) is 0 Å². The maximum Gasteiger partial charge on any atom is 0.269 e. The second-order valence-electron chi connectivity index (χ2n) is 8.44. The second kappa shape index (κ2) is 11.4. The van der Waals surface area contributed by atoms with E-state index in [1.165, 1.54) is 24.3 Å². The predicted molar refractivity (Wildman–Crippen MR) is 123 cm³/mol. The fraction of sp³-hybridized carbons (Fsp3) is 0.320. The van der Waals surface area contributed by atoms with E-state index in [0.29, 0.717) is 37.9 Å². The van der Waals surface area contributed by atoms with Gasteiger partial charge in [0.15, 0.2) is 0 Å². The van der Waals surface area contributed by atoms with Crippen molar-refractivity contribution in [1.82, 2.24) is 9.80 Å². The summed E-state index contributed by atoms with van der Waals surface area (Å²) < 4.78 is 18.8. The largest absolute Gasteiger partial charge is 0.467 e. The minimum absolute atomic E-state index is 0.0363.